The molecule has 0 aliphatic heterocycles. The van der Waals surface area contributed by atoms with Gasteiger partial charge in [-0.25, -0.2) is 9.59 Å². The number of rotatable bonds is 3. The average Bonchev–Trinajstić information content (AvgIpc) is 2.82. The highest BCUT2D eigenvalue weighted by molar-refractivity contribution is 6.32. The summed E-state index contributed by atoms with van der Waals surface area (Å²) in [5.41, 5.74) is 1.43. The van der Waals surface area contributed by atoms with E-state index in [2.05, 4.69) is 0 Å². The molecule has 7 heteroatoms. The normalized spacial score (nSPS) is 10.5. The van der Waals surface area contributed by atoms with Gasteiger partial charge in [0, 0.05) is 7.05 Å². The number of ether oxygens (including phenoxy) is 1. The van der Waals surface area contributed by atoms with Gasteiger partial charge in [-0.2, -0.15) is 5.26 Å². The largest absolute Gasteiger partial charge is 0.424 e. The summed E-state index contributed by atoms with van der Waals surface area (Å²) in [5.74, 6) is -0.478. The molecule has 3 aromatic rings. The van der Waals surface area contributed by atoms with Crippen LogP contribution in [0.1, 0.15) is 5.56 Å². The van der Waals surface area contributed by atoms with Crippen molar-refractivity contribution in [2.75, 3.05) is 0 Å². The van der Waals surface area contributed by atoms with Gasteiger partial charge in [0.2, 0.25) is 0 Å². The van der Waals surface area contributed by atoms with Crippen LogP contribution >= 0.6 is 11.6 Å². The maximum Gasteiger partial charge on any atom is 0.331 e. The third-order valence-electron chi connectivity index (χ3n) is 3.62. The molecule has 1 aromatic heterocycles. The van der Waals surface area contributed by atoms with Gasteiger partial charge in [-0.1, -0.05) is 23.7 Å². The van der Waals surface area contributed by atoms with E-state index in [0.717, 1.165) is 5.52 Å². The number of esters is 1. The zero-order valence-corrected chi connectivity index (χ0v) is 13.4. The molecule has 6 nitrogen and oxygen atoms in total. The van der Waals surface area contributed by atoms with Crippen molar-refractivity contribution in [1.82, 2.24) is 9.13 Å². The fraction of sp³-hybridized carbons (Fsp3) is 0.118. The number of carbonyl (C=O) groups is 1. The smallest absolute Gasteiger partial charge is 0.331 e. The van der Waals surface area contributed by atoms with Gasteiger partial charge in [0.15, 0.2) is 0 Å². The van der Waals surface area contributed by atoms with E-state index in [0.29, 0.717) is 11.1 Å². The molecule has 0 unspecified atom stereocenters. The molecule has 0 fully saturated rings. The van der Waals surface area contributed by atoms with Crippen LogP contribution in [0.5, 0.6) is 5.75 Å². The van der Waals surface area contributed by atoms with E-state index in [1.165, 1.54) is 27.3 Å². The number of aryl methyl sites for hydroxylation is 1. The Morgan fingerprint density at radius 1 is 1.25 bits per heavy atom. The molecule has 0 saturated carbocycles. The summed E-state index contributed by atoms with van der Waals surface area (Å²) in [6, 6.07) is 13.5. The molecular formula is C17H12ClN3O3. The quantitative estimate of drug-likeness (QED) is 0.541. The fourth-order valence-corrected chi connectivity index (χ4v) is 2.67. The Hall–Kier alpha value is -3.04. The number of halogens is 1. The first kappa shape index (κ1) is 15.8. The molecule has 0 bridgehead atoms. The van der Waals surface area contributed by atoms with E-state index in [4.69, 9.17) is 21.6 Å². The fourth-order valence-electron chi connectivity index (χ4n) is 2.45. The topological polar surface area (TPSA) is 77.0 Å². The molecule has 120 valence electrons. The molecule has 3 rings (SSSR count). The molecule has 0 aliphatic rings. The molecule has 0 N–H and O–H groups in total. The van der Waals surface area contributed by atoms with Gasteiger partial charge in [0.1, 0.15) is 12.3 Å². The monoisotopic (exact) mass is 341 g/mol. The van der Waals surface area contributed by atoms with Crippen LogP contribution in [0.25, 0.3) is 11.0 Å². The molecule has 24 heavy (non-hydrogen) atoms. The predicted octanol–water partition coefficient (Wildman–Crippen LogP) is 2.47. The number of hydrogen-bond donors (Lipinski definition) is 0. The Morgan fingerprint density at radius 3 is 2.62 bits per heavy atom. The van der Waals surface area contributed by atoms with E-state index in [1.54, 1.807) is 25.2 Å². The summed E-state index contributed by atoms with van der Waals surface area (Å²) in [7, 11) is 1.64. The number of benzene rings is 2. The average molecular weight is 342 g/mol. The van der Waals surface area contributed by atoms with Crippen LogP contribution in [0.4, 0.5) is 0 Å². The number of aromatic nitrogens is 2. The number of carbonyl (C=O) groups excluding carboxylic acids is 1. The first-order chi connectivity index (χ1) is 11.5. The molecular weight excluding hydrogens is 330 g/mol. The maximum atomic E-state index is 12.3. The van der Waals surface area contributed by atoms with Crippen molar-refractivity contribution in [2.24, 2.45) is 7.05 Å². The number of nitrogens with zero attached hydrogens (tertiary/aromatic N) is 3. The van der Waals surface area contributed by atoms with Crippen molar-refractivity contribution in [3.05, 3.63) is 63.5 Å². The van der Waals surface area contributed by atoms with Crippen molar-refractivity contribution in [3.8, 4) is 11.8 Å². The first-order valence-corrected chi connectivity index (χ1v) is 7.43. The lowest BCUT2D eigenvalue weighted by molar-refractivity contribution is -0.135. The van der Waals surface area contributed by atoms with E-state index >= 15 is 0 Å². The minimum Gasteiger partial charge on any atom is -0.424 e. The van der Waals surface area contributed by atoms with Crippen molar-refractivity contribution < 1.29 is 9.53 Å². The van der Waals surface area contributed by atoms with Crippen LogP contribution in [0, 0.1) is 11.3 Å². The highest BCUT2D eigenvalue weighted by atomic mass is 35.5. The Kier molecular flexibility index (Phi) is 4.11. The zero-order chi connectivity index (χ0) is 17.3. The minimum absolute atomic E-state index is 0.147. The van der Waals surface area contributed by atoms with Gasteiger partial charge in [-0.15, -0.1) is 0 Å². The molecule has 0 amide bonds. The van der Waals surface area contributed by atoms with Crippen molar-refractivity contribution in [2.45, 2.75) is 6.54 Å². The number of para-hydroxylation sites is 2. The number of imidazole rings is 1. The first-order valence-electron chi connectivity index (χ1n) is 7.06. The summed E-state index contributed by atoms with van der Waals surface area (Å²) >= 11 is 5.98. The van der Waals surface area contributed by atoms with Gasteiger partial charge in [-0.3, -0.25) is 9.13 Å². The second-order valence-corrected chi connectivity index (χ2v) is 5.55. The van der Waals surface area contributed by atoms with Gasteiger partial charge in [0.25, 0.3) is 0 Å². The highest BCUT2D eigenvalue weighted by Crippen LogP contribution is 2.25. The third kappa shape index (κ3) is 2.77. The van der Waals surface area contributed by atoms with Crippen LogP contribution in [0.3, 0.4) is 0 Å². The van der Waals surface area contributed by atoms with Gasteiger partial charge >= 0.3 is 11.7 Å². The van der Waals surface area contributed by atoms with Gasteiger partial charge in [0.05, 0.1) is 27.7 Å². The van der Waals surface area contributed by atoms with E-state index in [1.807, 2.05) is 12.1 Å². The predicted molar refractivity (Wildman–Crippen MR) is 89.0 cm³/mol. The summed E-state index contributed by atoms with van der Waals surface area (Å²) in [6.07, 6.45) is 0. The second-order valence-electron chi connectivity index (χ2n) is 5.15. The lowest BCUT2D eigenvalue weighted by atomic mass is 10.2. The summed E-state index contributed by atoms with van der Waals surface area (Å²) in [4.78, 5) is 24.5. The molecule has 2 aromatic carbocycles. The molecule has 0 radical (unpaired) electrons. The molecule has 0 atom stereocenters. The molecule has 0 aliphatic carbocycles. The Balaban J connectivity index is 1.88. The zero-order valence-electron chi connectivity index (χ0n) is 12.7. The van der Waals surface area contributed by atoms with Gasteiger partial charge < -0.3 is 4.74 Å². The number of hydrogen-bond acceptors (Lipinski definition) is 4. The van der Waals surface area contributed by atoms with Crippen LogP contribution in [0.15, 0.2) is 47.3 Å². The van der Waals surface area contributed by atoms with Crippen LogP contribution in [0.2, 0.25) is 5.02 Å². The standard InChI is InChI=1S/C17H12ClN3O3/c1-20-13-4-2-3-5-14(13)21(17(20)23)10-16(22)24-15-7-6-11(9-19)8-12(15)18/h2-8H,10H2,1H3. The van der Waals surface area contributed by atoms with Crippen LogP contribution < -0.4 is 10.4 Å². The Labute approximate surface area is 142 Å². The van der Waals surface area contributed by atoms with Crippen molar-refractivity contribution in [1.29, 1.82) is 5.26 Å². The molecule has 0 spiro atoms. The second kappa shape index (κ2) is 6.22. The summed E-state index contributed by atoms with van der Waals surface area (Å²) in [5, 5.41) is 8.97. The summed E-state index contributed by atoms with van der Waals surface area (Å²) in [6.45, 7) is -0.240. The lowest BCUT2D eigenvalue weighted by Crippen LogP contribution is -2.27. The van der Waals surface area contributed by atoms with Crippen molar-refractivity contribution in [3.63, 3.8) is 0 Å². The third-order valence-corrected chi connectivity index (χ3v) is 3.92. The van der Waals surface area contributed by atoms with Gasteiger partial charge in [-0.05, 0) is 30.3 Å². The Morgan fingerprint density at radius 2 is 1.96 bits per heavy atom. The summed E-state index contributed by atoms with van der Waals surface area (Å²) < 4.78 is 8.02. The molecule has 1 heterocycles. The number of fused-ring (bicyclic) bond motifs is 1. The van der Waals surface area contributed by atoms with Crippen LogP contribution in [-0.2, 0) is 18.4 Å². The highest BCUT2D eigenvalue weighted by Gasteiger charge is 2.15. The van der Waals surface area contributed by atoms with E-state index in [9.17, 15) is 9.59 Å². The molecule has 0 saturated heterocycles. The Bertz CT molecular complexity index is 1040. The van der Waals surface area contributed by atoms with E-state index < -0.39 is 5.97 Å². The van der Waals surface area contributed by atoms with E-state index in [-0.39, 0.29) is 23.0 Å². The maximum absolute atomic E-state index is 12.3. The van der Waals surface area contributed by atoms with Crippen LogP contribution in [-0.4, -0.2) is 15.1 Å². The van der Waals surface area contributed by atoms with Crippen molar-refractivity contribution >= 4 is 28.6 Å². The minimum atomic E-state index is -0.625. The SMILES string of the molecule is Cn1c(=O)n(CC(=O)Oc2ccc(C#N)cc2Cl)c2ccccc21. The lowest BCUT2D eigenvalue weighted by Gasteiger charge is -2.07. The number of nitriles is 1.